The van der Waals surface area contributed by atoms with E-state index in [1.54, 1.807) is 18.2 Å². The molecular weight excluding hydrogens is 248 g/mol. The van der Waals surface area contributed by atoms with E-state index < -0.39 is 0 Å². The number of benzene rings is 2. The summed E-state index contributed by atoms with van der Waals surface area (Å²) in [5, 5.41) is 0.824. The molecule has 0 unspecified atom stereocenters. The predicted octanol–water partition coefficient (Wildman–Crippen LogP) is 2.84. The van der Waals surface area contributed by atoms with Crippen LogP contribution in [0.4, 0.5) is 0 Å². The fraction of sp³-hybridized carbons (Fsp3) is 0. The molecular formula is C14H8ClN2O. The standard InChI is InChI=1S/C14H8ClN2O/c15-11-7-4-8-12-13(11)14(18)17(9-16-12)10-5-2-1-3-6-10/h1-8H. The molecule has 2 aromatic carbocycles. The minimum Gasteiger partial charge on any atom is -0.268 e. The lowest BCUT2D eigenvalue weighted by atomic mass is 10.2. The molecule has 0 spiro atoms. The van der Waals surface area contributed by atoms with Gasteiger partial charge in [-0.15, -0.1) is 0 Å². The molecule has 0 saturated heterocycles. The molecule has 3 aromatic rings. The van der Waals surface area contributed by atoms with Gasteiger partial charge in [0.15, 0.2) is 6.33 Å². The van der Waals surface area contributed by atoms with Crippen molar-refractivity contribution < 1.29 is 0 Å². The SMILES string of the molecule is O=c1c2c(Cl)cccc2n[c]n1-c1ccccc1. The van der Waals surface area contributed by atoms with Crippen molar-refractivity contribution >= 4 is 22.5 Å². The van der Waals surface area contributed by atoms with Gasteiger partial charge in [-0.1, -0.05) is 35.9 Å². The molecule has 87 valence electrons. The van der Waals surface area contributed by atoms with Crippen LogP contribution in [-0.4, -0.2) is 9.55 Å². The van der Waals surface area contributed by atoms with Crippen LogP contribution in [0, 0.1) is 6.33 Å². The van der Waals surface area contributed by atoms with Crippen LogP contribution < -0.4 is 5.56 Å². The monoisotopic (exact) mass is 255 g/mol. The van der Waals surface area contributed by atoms with Crippen molar-refractivity contribution in [2.24, 2.45) is 0 Å². The minimum atomic E-state index is -0.211. The average molecular weight is 256 g/mol. The lowest BCUT2D eigenvalue weighted by Crippen LogP contribution is -2.19. The second kappa shape index (κ2) is 4.27. The Balaban J connectivity index is 2.37. The topological polar surface area (TPSA) is 34.9 Å². The smallest absolute Gasteiger partial charge is 0.267 e. The van der Waals surface area contributed by atoms with E-state index in [0.717, 1.165) is 5.69 Å². The highest BCUT2D eigenvalue weighted by Crippen LogP contribution is 2.18. The second-order valence-electron chi connectivity index (χ2n) is 3.82. The third kappa shape index (κ3) is 1.69. The summed E-state index contributed by atoms with van der Waals surface area (Å²) in [4.78, 5) is 16.5. The molecule has 0 aliphatic carbocycles. The summed E-state index contributed by atoms with van der Waals surface area (Å²) in [5.41, 5.74) is 1.06. The van der Waals surface area contributed by atoms with E-state index in [2.05, 4.69) is 11.3 Å². The third-order valence-electron chi connectivity index (χ3n) is 2.69. The maximum absolute atomic E-state index is 12.4. The Morgan fingerprint density at radius 3 is 2.61 bits per heavy atom. The van der Waals surface area contributed by atoms with Crippen molar-refractivity contribution in [2.45, 2.75) is 0 Å². The number of halogens is 1. The Morgan fingerprint density at radius 2 is 1.83 bits per heavy atom. The van der Waals surface area contributed by atoms with Crippen LogP contribution in [0.25, 0.3) is 16.6 Å². The summed E-state index contributed by atoms with van der Waals surface area (Å²) in [5.74, 6) is 0. The fourth-order valence-corrected chi connectivity index (χ4v) is 2.08. The summed E-state index contributed by atoms with van der Waals surface area (Å²) in [6.45, 7) is 0. The van der Waals surface area contributed by atoms with Gasteiger partial charge in [0.1, 0.15) is 0 Å². The molecule has 3 nitrogen and oxygen atoms in total. The summed E-state index contributed by atoms with van der Waals surface area (Å²) in [6.07, 6.45) is 2.72. The highest BCUT2D eigenvalue weighted by atomic mass is 35.5. The van der Waals surface area contributed by atoms with E-state index in [9.17, 15) is 4.79 Å². The fourth-order valence-electron chi connectivity index (χ4n) is 1.83. The van der Waals surface area contributed by atoms with E-state index in [-0.39, 0.29) is 5.56 Å². The van der Waals surface area contributed by atoms with Crippen molar-refractivity contribution in [1.29, 1.82) is 0 Å². The molecule has 4 heteroatoms. The Kier molecular flexibility index (Phi) is 2.61. The molecule has 18 heavy (non-hydrogen) atoms. The molecule has 0 N–H and O–H groups in total. The molecule has 0 aliphatic rings. The number of hydrogen-bond acceptors (Lipinski definition) is 2. The Labute approximate surface area is 108 Å². The molecule has 1 aromatic heterocycles. The van der Waals surface area contributed by atoms with Crippen LogP contribution in [-0.2, 0) is 0 Å². The van der Waals surface area contributed by atoms with Crippen LogP contribution in [0.3, 0.4) is 0 Å². The molecule has 1 heterocycles. The lowest BCUT2D eigenvalue weighted by molar-refractivity contribution is 0.950. The molecule has 0 saturated carbocycles. The van der Waals surface area contributed by atoms with Gasteiger partial charge in [-0.3, -0.25) is 9.36 Å². The quantitative estimate of drug-likeness (QED) is 0.670. The zero-order chi connectivity index (χ0) is 12.5. The number of rotatable bonds is 1. The van der Waals surface area contributed by atoms with Crippen molar-refractivity contribution in [3.63, 3.8) is 0 Å². The number of aromatic nitrogens is 2. The maximum Gasteiger partial charge on any atom is 0.267 e. The van der Waals surface area contributed by atoms with Gasteiger partial charge < -0.3 is 0 Å². The first-order valence-corrected chi connectivity index (χ1v) is 5.79. The normalized spacial score (nSPS) is 10.7. The average Bonchev–Trinajstić information content (AvgIpc) is 2.40. The Bertz CT molecular complexity index is 766. The van der Waals surface area contributed by atoms with Gasteiger partial charge in [0.25, 0.3) is 5.56 Å². The second-order valence-corrected chi connectivity index (χ2v) is 4.23. The zero-order valence-electron chi connectivity index (χ0n) is 9.30. The first-order chi connectivity index (χ1) is 8.77. The first kappa shape index (κ1) is 11.0. The van der Waals surface area contributed by atoms with E-state index in [1.165, 1.54) is 4.57 Å². The summed E-state index contributed by atoms with van der Waals surface area (Å²) in [6, 6.07) is 14.4. The molecule has 0 fully saturated rings. The van der Waals surface area contributed by atoms with Crippen LogP contribution in [0.15, 0.2) is 53.3 Å². The highest BCUT2D eigenvalue weighted by molar-refractivity contribution is 6.35. The van der Waals surface area contributed by atoms with Crippen molar-refractivity contribution in [3.8, 4) is 5.69 Å². The van der Waals surface area contributed by atoms with Gasteiger partial charge in [-0.2, -0.15) is 0 Å². The van der Waals surface area contributed by atoms with Crippen molar-refractivity contribution in [1.82, 2.24) is 9.55 Å². The van der Waals surface area contributed by atoms with E-state index in [1.807, 2.05) is 30.3 Å². The molecule has 0 atom stereocenters. The van der Waals surface area contributed by atoms with Crippen LogP contribution in [0.1, 0.15) is 0 Å². The minimum absolute atomic E-state index is 0.211. The van der Waals surface area contributed by atoms with Gasteiger partial charge in [0.2, 0.25) is 0 Å². The van der Waals surface area contributed by atoms with E-state index in [4.69, 9.17) is 11.6 Å². The molecule has 0 amide bonds. The van der Waals surface area contributed by atoms with Crippen molar-refractivity contribution in [2.75, 3.05) is 0 Å². The number of fused-ring (bicyclic) bond motifs is 1. The van der Waals surface area contributed by atoms with Crippen LogP contribution in [0.5, 0.6) is 0 Å². The zero-order valence-corrected chi connectivity index (χ0v) is 10.1. The van der Waals surface area contributed by atoms with Crippen LogP contribution in [0.2, 0.25) is 5.02 Å². The Hall–Kier alpha value is -2.13. The number of para-hydroxylation sites is 1. The van der Waals surface area contributed by atoms with Gasteiger partial charge in [0, 0.05) is 0 Å². The van der Waals surface area contributed by atoms with Crippen molar-refractivity contribution in [3.05, 3.63) is 70.2 Å². The maximum atomic E-state index is 12.4. The molecule has 0 bridgehead atoms. The summed E-state index contributed by atoms with van der Waals surface area (Å²) < 4.78 is 1.37. The summed E-state index contributed by atoms with van der Waals surface area (Å²) in [7, 11) is 0. The third-order valence-corrected chi connectivity index (χ3v) is 3.01. The van der Waals surface area contributed by atoms with Gasteiger partial charge >= 0.3 is 0 Å². The number of hydrogen-bond donors (Lipinski definition) is 0. The molecule has 0 aliphatic heterocycles. The van der Waals surface area contributed by atoms with Gasteiger partial charge in [-0.05, 0) is 24.3 Å². The van der Waals surface area contributed by atoms with Crippen LogP contribution >= 0.6 is 11.6 Å². The highest BCUT2D eigenvalue weighted by Gasteiger charge is 2.08. The van der Waals surface area contributed by atoms with Gasteiger partial charge in [-0.25, -0.2) is 4.98 Å². The largest absolute Gasteiger partial charge is 0.268 e. The molecule has 3 rings (SSSR count). The van der Waals surface area contributed by atoms with Gasteiger partial charge in [0.05, 0.1) is 21.6 Å². The van der Waals surface area contributed by atoms with E-state index >= 15 is 0 Å². The predicted molar refractivity (Wildman–Crippen MR) is 71.2 cm³/mol. The number of nitrogens with zero attached hydrogens (tertiary/aromatic N) is 2. The lowest BCUT2D eigenvalue weighted by Gasteiger charge is -2.05. The molecule has 1 radical (unpaired) electrons. The summed E-state index contributed by atoms with van der Waals surface area (Å²) >= 11 is 6.05. The Morgan fingerprint density at radius 1 is 1.06 bits per heavy atom. The van der Waals surface area contributed by atoms with E-state index in [0.29, 0.717) is 15.9 Å². The first-order valence-electron chi connectivity index (χ1n) is 5.42.